The number of carbonyl (C=O) groups is 1. The quantitative estimate of drug-likeness (QED) is 0.756. The average molecular weight is 227 g/mol. The van der Waals surface area contributed by atoms with E-state index in [0.717, 1.165) is 6.42 Å². The Morgan fingerprint density at radius 1 is 1.19 bits per heavy atom. The van der Waals surface area contributed by atoms with Crippen LogP contribution in [0.4, 0.5) is 0 Å². The Morgan fingerprint density at radius 3 is 2.00 bits per heavy atom. The maximum Gasteiger partial charge on any atom is 0.132 e. The van der Waals surface area contributed by atoms with Crippen LogP contribution in [0.5, 0.6) is 0 Å². The van der Waals surface area contributed by atoms with Crippen LogP contribution in [0.25, 0.3) is 0 Å². The number of hydrogen-bond acceptors (Lipinski definition) is 2. The van der Waals surface area contributed by atoms with E-state index in [9.17, 15) is 4.79 Å². The predicted molar refractivity (Wildman–Crippen MR) is 70.3 cm³/mol. The maximum absolute atomic E-state index is 11.5. The molecule has 0 bridgehead atoms. The zero-order chi connectivity index (χ0) is 13.0. The molecule has 0 saturated heterocycles. The van der Waals surface area contributed by atoms with Crippen molar-refractivity contribution in [1.29, 1.82) is 0 Å². The normalized spacial score (nSPS) is 14.9. The van der Waals surface area contributed by atoms with E-state index in [-0.39, 0.29) is 10.8 Å². The van der Waals surface area contributed by atoms with E-state index in [1.54, 1.807) is 0 Å². The van der Waals surface area contributed by atoms with E-state index >= 15 is 0 Å². The molecule has 2 N–H and O–H groups in total. The summed E-state index contributed by atoms with van der Waals surface area (Å²) in [5.74, 6) is 0.636. The van der Waals surface area contributed by atoms with Gasteiger partial charge in [0, 0.05) is 12.8 Å². The third kappa shape index (κ3) is 5.64. The standard InChI is InChI=1S/C14H29NO/c1-7-12(16)8-11(9-15)14(5,6)10-13(2,3)4/h11H,7-10,15H2,1-6H3. The highest BCUT2D eigenvalue weighted by molar-refractivity contribution is 5.78. The summed E-state index contributed by atoms with van der Waals surface area (Å²) in [7, 11) is 0. The van der Waals surface area contributed by atoms with E-state index in [4.69, 9.17) is 5.73 Å². The second-order valence-electron chi connectivity index (χ2n) is 6.75. The van der Waals surface area contributed by atoms with Crippen LogP contribution < -0.4 is 5.73 Å². The molecular formula is C14H29NO. The molecule has 2 nitrogen and oxygen atoms in total. The van der Waals surface area contributed by atoms with Gasteiger partial charge in [-0.15, -0.1) is 0 Å². The maximum atomic E-state index is 11.5. The lowest BCUT2D eigenvalue weighted by molar-refractivity contribution is -0.120. The molecule has 1 atom stereocenters. The first-order chi connectivity index (χ1) is 7.12. The lowest BCUT2D eigenvalue weighted by Crippen LogP contribution is -2.35. The van der Waals surface area contributed by atoms with Gasteiger partial charge in [-0.05, 0) is 29.7 Å². The van der Waals surface area contributed by atoms with Gasteiger partial charge in [0.25, 0.3) is 0 Å². The number of rotatable bonds is 6. The zero-order valence-corrected chi connectivity index (χ0v) is 11.9. The lowest BCUT2D eigenvalue weighted by Gasteiger charge is -2.38. The van der Waals surface area contributed by atoms with Crippen LogP contribution >= 0.6 is 0 Å². The number of nitrogens with two attached hydrogens (primary N) is 1. The molecule has 96 valence electrons. The Labute approximate surface area is 101 Å². The highest BCUT2D eigenvalue weighted by atomic mass is 16.1. The second kappa shape index (κ2) is 5.81. The van der Waals surface area contributed by atoms with Crippen molar-refractivity contribution in [2.24, 2.45) is 22.5 Å². The second-order valence-corrected chi connectivity index (χ2v) is 6.75. The third-order valence-electron chi connectivity index (χ3n) is 3.24. The van der Waals surface area contributed by atoms with Gasteiger partial charge in [0.1, 0.15) is 5.78 Å². The molecule has 0 aromatic rings. The molecule has 0 saturated carbocycles. The summed E-state index contributed by atoms with van der Waals surface area (Å²) in [5.41, 5.74) is 6.25. The minimum Gasteiger partial charge on any atom is -0.330 e. The zero-order valence-electron chi connectivity index (χ0n) is 11.9. The Hall–Kier alpha value is -0.370. The van der Waals surface area contributed by atoms with Crippen molar-refractivity contribution in [3.8, 4) is 0 Å². The van der Waals surface area contributed by atoms with Gasteiger partial charge in [-0.2, -0.15) is 0 Å². The highest BCUT2D eigenvalue weighted by Crippen LogP contribution is 2.40. The summed E-state index contributed by atoms with van der Waals surface area (Å²) in [5, 5.41) is 0. The fraction of sp³-hybridized carbons (Fsp3) is 0.929. The van der Waals surface area contributed by atoms with E-state index < -0.39 is 0 Å². The summed E-state index contributed by atoms with van der Waals surface area (Å²) in [6.45, 7) is 13.7. The van der Waals surface area contributed by atoms with Crippen molar-refractivity contribution in [3.05, 3.63) is 0 Å². The first-order valence-electron chi connectivity index (χ1n) is 6.34. The number of carbonyl (C=O) groups excluding carboxylic acids is 1. The van der Waals surface area contributed by atoms with Crippen molar-refractivity contribution in [2.45, 2.75) is 60.8 Å². The van der Waals surface area contributed by atoms with Crippen LogP contribution in [0.15, 0.2) is 0 Å². The molecule has 0 aromatic carbocycles. The summed E-state index contributed by atoms with van der Waals surface area (Å²) >= 11 is 0. The van der Waals surface area contributed by atoms with Crippen molar-refractivity contribution in [2.75, 3.05) is 6.54 Å². The molecule has 0 aliphatic carbocycles. The minimum atomic E-state index is 0.137. The summed E-state index contributed by atoms with van der Waals surface area (Å²) < 4.78 is 0. The van der Waals surface area contributed by atoms with Crippen molar-refractivity contribution in [1.82, 2.24) is 0 Å². The Balaban J connectivity index is 4.60. The molecular weight excluding hydrogens is 198 g/mol. The summed E-state index contributed by atoms with van der Waals surface area (Å²) in [6.07, 6.45) is 2.36. The Bertz CT molecular complexity index is 225. The fourth-order valence-corrected chi connectivity index (χ4v) is 2.61. The molecule has 0 amide bonds. The van der Waals surface area contributed by atoms with Gasteiger partial charge >= 0.3 is 0 Å². The van der Waals surface area contributed by atoms with Crippen LogP contribution in [-0.2, 0) is 4.79 Å². The number of Topliss-reactive ketones (excluding diaryl/α,β-unsaturated/α-hetero) is 1. The smallest absolute Gasteiger partial charge is 0.132 e. The lowest BCUT2D eigenvalue weighted by atomic mass is 9.67. The molecule has 0 aliphatic heterocycles. The van der Waals surface area contributed by atoms with Gasteiger partial charge in [0.15, 0.2) is 0 Å². The molecule has 0 spiro atoms. The predicted octanol–water partition coefficient (Wildman–Crippen LogP) is 3.39. The molecule has 0 radical (unpaired) electrons. The Kier molecular flexibility index (Phi) is 5.67. The third-order valence-corrected chi connectivity index (χ3v) is 3.24. The molecule has 2 heteroatoms. The van der Waals surface area contributed by atoms with Gasteiger partial charge in [-0.25, -0.2) is 0 Å². The molecule has 0 aromatic heterocycles. The molecule has 0 rings (SSSR count). The van der Waals surface area contributed by atoms with Gasteiger partial charge in [0.2, 0.25) is 0 Å². The van der Waals surface area contributed by atoms with Crippen molar-refractivity contribution >= 4 is 5.78 Å². The van der Waals surface area contributed by atoms with Gasteiger partial charge in [0.05, 0.1) is 0 Å². The van der Waals surface area contributed by atoms with Crippen molar-refractivity contribution < 1.29 is 4.79 Å². The summed E-state index contributed by atoms with van der Waals surface area (Å²) in [4.78, 5) is 11.5. The van der Waals surface area contributed by atoms with E-state index in [0.29, 0.717) is 31.1 Å². The molecule has 0 aliphatic rings. The van der Waals surface area contributed by atoms with E-state index in [1.807, 2.05) is 6.92 Å². The topological polar surface area (TPSA) is 43.1 Å². The minimum absolute atomic E-state index is 0.137. The van der Waals surface area contributed by atoms with Crippen LogP contribution in [-0.4, -0.2) is 12.3 Å². The molecule has 0 heterocycles. The van der Waals surface area contributed by atoms with Crippen LogP contribution in [0.1, 0.15) is 60.8 Å². The summed E-state index contributed by atoms with van der Waals surface area (Å²) in [6, 6.07) is 0. The van der Waals surface area contributed by atoms with Crippen LogP contribution in [0.3, 0.4) is 0 Å². The number of hydrogen-bond donors (Lipinski definition) is 1. The van der Waals surface area contributed by atoms with Crippen LogP contribution in [0.2, 0.25) is 0 Å². The monoisotopic (exact) mass is 227 g/mol. The highest BCUT2D eigenvalue weighted by Gasteiger charge is 2.33. The fourth-order valence-electron chi connectivity index (χ4n) is 2.61. The SMILES string of the molecule is CCC(=O)CC(CN)C(C)(C)CC(C)(C)C. The first kappa shape index (κ1) is 15.6. The average Bonchev–Trinajstić information content (AvgIpc) is 2.09. The van der Waals surface area contributed by atoms with Gasteiger partial charge < -0.3 is 5.73 Å². The molecule has 0 fully saturated rings. The van der Waals surface area contributed by atoms with Crippen molar-refractivity contribution in [3.63, 3.8) is 0 Å². The van der Waals surface area contributed by atoms with E-state index in [2.05, 4.69) is 34.6 Å². The number of ketones is 1. The largest absolute Gasteiger partial charge is 0.330 e. The first-order valence-corrected chi connectivity index (χ1v) is 6.34. The van der Waals surface area contributed by atoms with Crippen LogP contribution in [0, 0.1) is 16.7 Å². The molecule has 1 unspecified atom stereocenters. The van der Waals surface area contributed by atoms with Gasteiger partial charge in [-0.3, -0.25) is 4.79 Å². The Morgan fingerprint density at radius 2 is 1.69 bits per heavy atom. The van der Waals surface area contributed by atoms with Gasteiger partial charge in [-0.1, -0.05) is 41.5 Å². The molecule has 16 heavy (non-hydrogen) atoms. The van der Waals surface area contributed by atoms with E-state index in [1.165, 1.54) is 0 Å².